The zero-order chi connectivity index (χ0) is 16.7. The van der Waals surface area contributed by atoms with E-state index in [0.29, 0.717) is 15.6 Å². The molecular weight excluding hydrogens is 342 g/mol. The first-order valence-electron chi connectivity index (χ1n) is 6.59. The fourth-order valence-electron chi connectivity index (χ4n) is 2.77. The standard InChI is InChI=1S/C14H14Cl2F3NO2/c1-7(9-3-2-8(15)4-12(9)16)20-5-10(13(21)22)11(6-20)14(17,18)19/h2-4,7,10-11H,5-6H2,1H3,(H,21,22)/t7?,10-,11-/m1/s1. The highest BCUT2D eigenvalue weighted by atomic mass is 35.5. The summed E-state index contributed by atoms with van der Waals surface area (Å²) in [5.74, 6) is -4.77. The first-order chi connectivity index (χ1) is 10.1. The van der Waals surface area contributed by atoms with Crippen molar-refractivity contribution in [2.75, 3.05) is 13.1 Å². The summed E-state index contributed by atoms with van der Waals surface area (Å²) in [6.07, 6.45) is -4.54. The Balaban J connectivity index is 2.24. The van der Waals surface area contributed by atoms with Gasteiger partial charge in [-0.3, -0.25) is 9.69 Å². The Labute approximate surface area is 135 Å². The molecule has 1 saturated heterocycles. The summed E-state index contributed by atoms with van der Waals surface area (Å²) >= 11 is 11.9. The molecule has 1 aromatic carbocycles. The Kier molecular flexibility index (Phi) is 4.94. The van der Waals surface area contributed by atoms with E-state index in [4.69, 9.17) is 28.3 Å². The van der Waals surface area contributed by atoms with Crippen LogP contribution in [0.3, 0.4) is 0 Å². The van der Waals surface area contributed by atoms with E-state index in [1.165, 1.54) is 11.0 Å². The molecule has 22 heavy (non-hydrogen) atoms. The predicted octanol–water partition coefficient (Wildman–Crippen LogP) is 4.25. The van der Waals surface area contributed by atoms with Crippen molar-refractivity contribution in [1.82, 2.24) is 4.90 Å². The van der Waals surface area contributed by atoms with Gasteiger partial charge < -0.3 is 5.11 Å². The molecule has 122 valence electrons. The third-order valence-electron chi connectivity index (χ3n) is 4.05. The Morgan fingerprint density at radius 3 is 2.45 bits per heavy atom. The van der Waals surface area contributed by atoms with Gasteiger partial charge in [0.05, 0.1) is 11.8 Å². The van der Waals surface area contributed by atoms with E-state index in [-0.39, 0.29) is 13.1 Å². The minimum absolute atomic E-state index is 0.167. The molecule has 3 nitrogen and oxygen atoms in total. The fourth-order valence-corrected chi connectivity index (χ4v) is 3.34. The van der Waals surface area contributed by atoms with Crippen LogP contribution in [-0.4, -0.2) is 35.2 Å². The number of aliphatic carboxylic acids is 1. The summed E-state index contributed by atoms with van der Waals surface area (Å²) in [5, 5.41) is 9.82. The maximum Gasteiger partial charge on any atom is 0.393 e. The molecule has 8 heteroatoms. The number of hydrogen-bond donors (Lipinski definition) is 1. The van der Waals surface area contributed by atoms with Gasteiger partial charge in [-0.25, -0.2) is 0 Å². The summed E-state index contributed by atoms with van der Waals surface area (Å²) < 4.78 is 39.0. The Morgan fingerprint density at radius 2 is 2.00 bits per heavy atom. The van der Waals surface area contributed by atoms with Crippen molar-refractivity contribution >= 4 is 29.2 Å². The van der Waals surface area contributed by atoms with Crippen molar-refractivity contribution in [2.24, 2.45) is 11.8 Å². The monoisotopic (exact) mass is 355 g/mol. The highest BCUT2D eigenvalue weighted by molar-refractivity contribution is 6.35. The lowest BCUT2D eigenvalue weighted by Crippen LogP contribution is -2.33. The van der Waals surface area contributed by atoms with E-state index >= 15 is 0 Å². The van der Waals surface area contributed by atoms with Crippen LogP contribution < -0.4 is 0 Å². The second-order valence-electron chi connectivity index (χ2n) is 5.39. The lowest BCUT2D eigenvalue weighted by molar-refractivity contribution is -0.188. The van der Waals surface area contributed by atoms with Gasteiger partial charge in [0.1, 0.15) is 0 Å². The summed E-state index contributed by atoms with van der Waals surface area (Å²) in [4.78, 5) is 12.6. The Bertz CT molecular complexity index is 580. The lowest BCUT2D eigenvalue weighted by atomic mass is 9.96. The molecular formula is C14H14Cl2F3NO2. The average molecular weight is 356 g/mol. The zero-order valence-electron chi connectivity index (χ0n) is 11.6. The van der Waals surface area contributed by atoms with Gasteiger partial charge in [0.15, 0.2) is 0 Å². The number of alkyl halides is 3. The van der Waals surface area contributed by atoms with E-state index < -0.39 is 30.0 Å². The second-order valence-corrected chi connectivity index (χ2v) is 6.23. The van der Waals surface area contributed by atoms with Crippen molar-refractivity contribution in [3.8, 4) is 0 Å². The highest BCUT2D eigenvalue weighted by Gasteiger charge is 2.53. The molecule has 1 aromatic rings. The van der Waals surface area contributed by atoms with E-state index in [2.05, 4.69) is 0 Å². The Morgan fingerprint density at radius 1 is 1.36 bits per heavy atom. The predicted molar refractivity (Wildman–Crippen MR) is 77.1 cm³/mol. The molecule has 1 aliphatic heterocycles. The van der Waals surface area contributed by atoms with E-state index in [9.17, 15) is 18.0 Å². The Hall–Kier alpha value is -0.980. The minimum atomic E-state index is -4.54. The summed E-state index contributed by atoms with van der Waals surface area (Å²) in [5.41, 5.74) is 0.623. The number of rotatable bonds is 3. The number of nitrogens with zero attached hydrogens (tertiary/aromatic N) is 1. The van der Waals surface area contributed by atoms with Crippen LogP contribution in [0.4, 0.5) is 13.2 Å². The smallest absolute Gasteiger partial charge is 0.393 e. The van der Waals surface area contributed by atoms with Crippen LogP contribution in [-0.2, 0) is 4.79 Å². The zero-order valence-corrected chi connectivity index (χ0v) is 13.1. The molecule has 1 N–H and O–H groups in total. The van der Waals surface area contributed by atoms with Gasteiger partial charge >= 0.3 is 12.1 Å². The van der Waals surface area contributed by atoms with E-state index in [1.807, 2.05) is 0 Å². The number of carboxylic acids is 1. The van der Waals surface area contributed by atoms with Gasteiger partial charge in [-0.2, -0.15) is 13.2 Å². The molecule has 1 heterocycles. The van der Waals surface area contributed by atoms with Gasteiger partial charge in [-0.1, -0.05) is 29.3 Å². The number of halogens is 5. The SMILES string of the molecule is CC(c1ccc(Cl)cc1Cl)N1C[C@@H](C(F)(F)F)[C@H](C(=O)O)C1. The highest BCUT2D eigenvalue weighted by Crippen LogP contribution is 2.41. The molecule has 0 bridgehead atoms. The second kappa shape index (κ2) is 6.26. The molecule has 0 amide bonds. The van der Waals surface area contributed by atoms with Gasteiger partial charge in [0.2, 0.25) is 0 Å². The first-order valence-corrected chi connectivity index (χ1v) is 7.35. The van der Waals surface area contributed by atoms with Crippen LogP contribution in [0.15, 0.2) is 18.2 Å². The molecule has 2 rings (SSSR count). The molecule has 1 unspecified atom stereocenters. The molecule has 0 saturated carbocycles. The molecule has 0 spiro atoms. The molecule has 1 aliphatic rings. The van der Waals surface area contributed by atoms with Gasteiger partial charge in [0, 0.05) is 29.2 Å². The molecule has 3 atom stereocenters. The topological polar surface area (TPSA) is 40.5 Å². The summed E-state index contributed by atoms with van der Waals surface area (Å²) in [7, 11) is 0. The average Bonchev–Trinajstić information content (AvgIpc) is 2.83. The molecule has 1 fully saturated rings. The summed E-state index contributed by atoms with van der Waals surface area (Å²) in [6.45, 7) is 1.17. The number of benzene rings is 1. The van der Waals surface area contributed by atoms with Crippen LogP contribution in [0.25, 0.3) is 0 Å². The fraction of sp³-hybridized carbons (Fsp3) is 0.500. The van der Waals surface area contributed by atoms with Crippen molar-refractivity contribution in [3.05, 3.63) is 33.8 Å². The maximum atomic E-state index is 13.0. The molecule has 0 aromatic heterocycles. The van der Waals surface area contributed by atoms with Crippen LogP contribution in [0.5, 0.6) is 0 Å². The number of hydrogen-bond acceptors (Lipinski definition) is 2. The minimum Gasteiger partial charge on any atom is -0.481 e. The van der Waals surface area contributed by atoms with Crippen LogP contribution in [0, 0.1) is 11.8 Å². The van der Waals surface area contributed by atoms with Crippen LogP contribution >= 0.6 is 23.2 Å². The summed E-state index contributed by atoms with van der Waals surface area (Å²) in [6, 6.07) is 4.33. The van der Waals surface area contributed by atoms with Crippen LogP contribution in [0.1, 0.15) is 18.5 Å². The van der Waals surface area contributed by atoms with Gasteiger partial charge in [-0.15, -0.1) is 0 Å². The van der Waals surface area contributed by atoms with Gasteiger partial charge in [0.25, 0.3) is 0 Å². The third-order valence-corrected chi connectivity index (χ3v) is 4.61. The first kappa shape index (κ1) is 17.4. The quantitative estimate of drug-likeness (QED) is 0.880. The number of carbonyl (C=O) groups is 1. The van der Waals surface area contributed by atoms with Gasteiger partial charge in [-0.05, 0) is 24.6 Å². The molecule has 0 aliphatic carbocycles. The van der Waals surface area contributed by atoms with Crippen LogP contribution in [0.2, 0.25) is 10.0 Å². The van der Waals surface area contributed by atoms with Crippen molar-refractivity contribution in [1.29, 1.82) is 0 Å². The van der Waals surface area contributed by atoms with Crippen molar-refractivity contribution in [2.45, 2.75) is 19.1 Å². The number of carboxylic acid groups (broad SMARTS) is 1. The largest absolute Gasteiger partial charge is 0.481 e. The lowest BCUT2D eigenvalue weighted by Gasteiger charge is -2.25. The third kappa shape index (κ3) is 3.50. The molecule has 0 radical (unpaired) electrons. The van der Waals surface area contributed by atoms with Crippen molar-refractivity contribution < 1.29 is 23.1 Å². The maximum absolute atomic E-state index is 13.0. The van der Waals surface area contributed by atoms with E-state index in [1.54, 1.807) is 19.1 Å². The van der Waals surface area contributed by atoms with E-state index in [0.717, 1.165) is 0 Å². The normalized spacial score (nSPS) is 24.5. The van der Waals surface area contributed by atoms with Crippen molar-refractivity contribution in [3.63, 3.8) is 0 Å². The number of likely N-dealkylation sites (tertiary alicyclic amines) is 1.